The highest BCUT2D eigenvalue weighted by molar-refractivity contribution is 5.40. The monoisotopic (exact) mass is 373 g/mol. The van der Waals surface area contributed by atoms with Gasteiger partial charge in [0.1, 0.15) is 11.5 Å². The highest BCUT2D eigenvalue weighted by Crippen LogP contribution is 2.27. The minimum atomic E-state index is 0.295. The number of nitrogens with zero attached hydrogens (tertiary/aromatic N) is 3. The Morgan fingerprint density at radius 1 is 1.22 bits per heavy atom. The lowest BCUT2D eigenvalue weighted by molar-refractivity contribution is 0.0675. The molecule has 2 heterocycles. The molecule has 0 N–H and O–H groups in total. The molecule has 1 saturated heterocycles. The van der Waals surface area contributed by atoms with Crippen molar-refractivity contribution in [1.82, 2.24) is 14.7 Å². The van der Waals surface area contributed by atoms with Gasteiger partial charge in [-0.1, -0.05) is 0 Å². The van der Waals surface area contributed by atoms with Crippen LogP contribution in [0.15, 0.2) is 24.4 Å². The molecule has 6 heteroatoms. The van der Waals surface area contributed by atoms with E-state index in [0.717, 1.165) is 62.7 Å². The van der Waals surface area contributed by atoms with Crippen molar-refractivity contribution in [2.75, 3.05) is 27.4 Å². The number of hydrogen-bond donors (Lipinski definition) is 0. The summed E-state index contributed by atoms with van der Waals surface area (Å²) in [4.78, 5) is 2.43. The third-order valence-corrected chi connectivity index (χ3v) is 5.27. The lowest BCUT2D eigenvalue weighted by atomic mass is 10.1. The first-order chi connectivity index (χ1) is 13.1. The summed E-state index contributed by atoms with van der Waals surface area (Å²) < 4.78 is 18.9. The maximum absolute atomic E-state index is 5.90. The van der Waals surface area contributed by atoms with Gasteiger partial charge in [-0.3, -0.25) is 9.58 Å². The van der Waals surface area contributed by atoms with Gasteiger partial charge in [0.2, 0.25) is 0 Å². The van der Waals surface area contributed by atoms with Gasteiger partial charge >= 0.3 is 0 Å². The van der Waals surface area contributed by atoms with Crippen molar-refractivity contribution in [3.63, 3.8) is 0 Å². The molecule has 1 aliphatic heterocycles. The Hall–Kier alpha value is -2.05. The Bertz CT molecular complexity index is 738. The van der Waals surface area contributed by atoms with Crippen LogP contribution in [0.1, 0.15) is 36.6 Å². The van der Waals surface area contributed by atoms with Crippen molar-refractivity contribution in [1.29, 1.82) is 0 Å². The van der Waals surface area contributed by atoms with Crippen LogP contribution in [0, 0.1) is 6.92 Å². The molecule has 0 saturated carbocycles. The van der Waals surface area contributed by atoms with Crippen LogP contribution in [-0.4, -0.2) is 48.2 Å². The Balaban J connectivity index is 1.82. The summed E-state index contributed by atoms with van der Waals surface area (Å²) in [7, 11) is 3.41. The van der Waals surface area contributed by atoms with Crippen molar-refractivity contribution in [2.45, 2.75) is 52.4 Å². The third-order valence-electron chi connectivity index (χ3n) is 5.27. The molecular weight excluding hydrogens is 342 g/mol. The molecular formula is C21H31N3O3. The Morgan fingerprint density at radius 2 is 2.04 bits per heavy atom. The summed E-state index contributed by atoms with van der Waals surface area (Å²) in [6, 6.07) is 5.96. The van der Waals surface area contributed by atoms with E-state index in [2.05, 4.69) is 29.9 Å². The second-order valence-corrected chi connectivity index (χ2v) is 7.05. The largest absolute Gasteiger partial charge is 0.497 e. The van der Waals surface area contributed by atoms with Gasteiger partial charge in [-0.05, 0) is 44.9 Å². The molecule has 0 unspecified atom stereocenters. The summed E-state index contributed by atoms with van der Waals surface area (Å²) in [6.07, 6.45) is 4.56. The van der Waals surface area contributed by atoms with E-state index in [0.29, 0.717) is 6.10 Å². The van der Waals surface area contributed by atoms with Crippen LogP contribution in [0.5, 0.6) is 11.5 Å². The number of ether oxygens (including phenoxy) is 3. The highest BCUT2D eigenvalue weighted by Gasteiger charge is 2.22. The maximum atomic E-state index is 5.90. The second kappa shape index (κ2) is 9.24. The average Bonchev–Trinajstić information content (AvgIpc) is 3.31. The molecule has 0 spiro atoms. The van der Waals surface area contributed by atoms with E-state index in [1.807, 2.05) is 23.0 Å². The summed E-state index contributed by atoms with van der Waals surface area (Å²) >= 11 is 0. The third kappa shape index (κ3) is 4.82. The van der Waals surface area contributed by atoms with Crippen LogP contribution in [-0.2, 0) is 24.4 Å². The molecule has 6 nitrogen and oxygen atoms in total. The molecule has 0 bridgehead atoms. The fourth-order valence-electron chi connectivity index (χ4n) is 3.71. The van der Waals surface area contributed by atoms with Gasteiger partial charge in [0, 0.05) is 49.6 Å². The van der Waals surface area contributed by atoms with E-state index in [4.69, 9.17) is 14.2 Å². The molecule has 1 aromatic carbocycles. The molecule has 0 aliphatic carbocycles. The van der Waals surface area contributed by atoms with E-state index in [9.17, 15) is 0 Å². The summed E-state index contributed by atoms with van der Waals surface area (Å²) in [6.45, 7) is 8.53. The molecule has 0 radical (unpaired) electrons. The van der Waals surface area contributed by atoms with Crippen LogP contribution < -0.4 is 9.47 Å². The molecule has 3 rings (SSSR count). The molecule has 1 aromatic heterocycles. The number of benzene rings is 1. The van der Waals surface area contributed by atoms with E-state index in [1.54, 1.807) is 14.2 Å². The first kappa shape index (κ1) is 19.7. The van der Waals surface area contributed by atoms with Gasteiger partial charge in [0.15, 0.2) is 0 Å². The molecule has 0 amide bonds. The fourth-order valence-corrected chi connectivity index (χ4v) is 3.71. The molecule has 27 heavy (non-hydrogen) atoms. The molecule has 1 aliphatic rings. The fraction of sp³-hybridized carbons (Fsp3) is 0.571. The average molecular weight is 373 g/mol. The van der Waals surface area contributed by atoms with Crippen molar-refractivity contribution in [3.8, 4) is 11.5 Å². The first-order valence-corrected chi connectivity index (χ1v) is 9.70. The van der Waals surface area contributed by atoms with Gasteiger partial charge in [-0.15, -0.1) is 0 Å². The van der Waals surface area contributed by atoms with Crippen LogP contribution in [0.25, 0.3) is 0 Å². The molecule has 1 fully saturated rings. The minimum absolute atomic E-state index is 0.295. The lowest BCUT2D eigenvalue weighted by Gasteiger charge is -2.26. The topological polar surface area (TPSA) is 48.8 Å². The zero-order valence-electron chi connectivity index (χ0n) is 16.9. The Morgan fingerprint density at radius 3 is 2.67 bits per heavy atom. The van der Waals surface area contributed by atoms with Crippen LogP contribution in [0.3, 0.4) is 0 Å². The van der Waals surface area contributed by atoms with Gasteiger partial charge in [-0.2, -0.15) is 5.10 Å². The Labute approximate surface area is 162 Å². The lowest BCUT2D eigenvalue weighted by Crippen LogP contribution is -2.31. The van der Waals surface area contributed by atoms with Crippen LogP contribution in [0.4, 0.5) is 0 Å². The van der Waals surface area contributed by atoms with Crippen molar-refractivity contribution in [2.24, 2.45) is 0 Å². The summed E-state index contributed by atoms with van der Waals surface area (Å²) in [5.41, 5.74) is 3.61. The highest BCUT2D eigenvalue weighted by atomic mass is 16.5. The molecule has 1 atom stereocenters. The summed E-state index contributed by atoms with van der Waals surface area (Å²) in [5, 5.41) is 4.50. The standard InChI is InChI=1S/C21H31N3O3/c1-5-24-16(2)18(12-22-24)14-23(15-20-7-6-10-27-20)13-17-11-19(25-3)8-9-21(17)26-4/h8-9,11-12,20H,5-7,10,13-15H2,1-4H3/t20-/m1/s1. The zero-order chi connectivity index (χ0) is 19.2. The number of aromatic nitrogens is 2. The minimum Gasteiger partial charge on any atom is -0.497 e. The van der Waals surface area contributed by atoms with Crippen LogP contribution in [0.2, 0.25) is 0 Å². The predicted molar refractivity (Wildman–Crippen MR) is 105 cm³/mol. The Kier molecular flexibility index (Phi) is 6.74. The SMILES string of the molecule is CCn1ncc(CN(Cc2cc(OC)ccc2OC)C[C@H]2CCCO2)c1C. The van der Waals surface area contributed by atoms with Crippen LogP contribution >= 0.6 is 0 Å². The van der Waals surface area contributed by atoms with Gasteiger partial charge in [0.05, 0.1) is 26.5 Å². The molecule has 148 valence electrons. The van der Waals surface area contributed by atoms with E-state index in [1.165, 1.54) is 11.3 Å². The van der Waals surface area contributed by atoms with Crippen molar-refractivity contribution >= 4 is 0 Å². The zero-order valence-corrected chi connectivity index (χ0v) is 16.9. The number of methoxy groups -OCH3 is 2. The van der Waals surface area contributed by atoms with E-state index >= 15 is 0 Å². The number of aryl methyl sites for hydroxylation is 1. The normalized spacial score (nSPS) is 16.9. The number of hydrogen-bond acceptors (Lipinski definition) is 5. The smallest absolute Gasteiger partial charge is 0.123 e. The maximum Gasteiger partial charge on any atom is 0.123 e. The van der Waals surface area contributed by atoms with Crippen molar-refractivity contribution in [3.05, 3.63) is 41.2 Å². The van der Waals surface area contributed by atoms with Gasteiger partial charge in [-0.25, -0.2) is 0 Å². The predicted octanol–water partition coefficient (Wildman–Crippen LogP) is 3.41. The van der Waals surface area contributed by atoms with Gasteiger partial charge in [0.25, 0.3) is 0 Å². The second-order valence-electron chi connectivity index (χ2n) is 7.05. The van der Waals surface area contributed by atoms with E-state index < -0.39 is 0 Å². The van der Waals surface area contributed by atoms with Crippen molar-refractivity contribution < 1.29 is 14.2 Å². The molecule has 2 aromatic rings. The number of rotatable bonds is 9. The quantitative estimate of drug-likeness (QED) is 0.674. The summed E-state index contributed by atoms with van der Waals surface area (Å²) in [5.74, 6) is 1.73. The first-order valence-electron chi connectivity index (χ1n) is 9.70. The van der Waals surface area contributed by atoms with E-state index in [-0.39, 0.29) is 0 Å². The van der Waals surface area contributed by atoms with Gasteiger partial charge < -0.3 is 14.2 Å².